The lowest BCUT2D eigenvalue weighted by Crippen LogP contribution is -2.24. The highest BCUT2D eigenvalue weighted by Crippen LogP contribution is 2.17. The number of esters is 1. The van der Waals surface area contributed by atoms with Gasteiger partial charge in [-0.25, -0.2) is 10.2 Å². The molecule has 152 valence electrons. The molecule has 3 rings (SSSR count). The first-order chi connectivity index (χ1) is 14.5. The van der Waals surface area contributed by atoms with E-state index in [2.05, 4.69) is 42.4 Å². The first kappa shape index (κ1) is 21.7. The molecule has 0 spiro atoms. The van der Waals surface area contributed by atoms with Crippen LogP contribution in [0.5, 0.6) is 11.5 Å². The number of carbonyl (C=O) groups is 2. The monoisotopic (exact) mass is 530 g/mol. The molecule has 0 unspecified atom stereocenters. The molecule has 0 saturated carbocycles. The van der Waals surface area contributed by atoms with E-state index in [0.29, 0.717) is 17.1 Å². The molecule has 0 saturated heterocycles. The fourth-order valence-corrected chi connectivity index (χ4v) is 2.96. The zero-order valence-corrected chi connectivity index (χ0v) is 18.7. The molecule has 1 N–H and O–H groups in total. The van der Waals surface area contributed by atoms with Crippen LogP contribution in [0.3, 0.4) is 0 Å². The van der Waals surface area contributed by atoms with Crippen LogP contribution >= 0.6 is 31.9 Å². The molecule has 0 fully saturated rings. The Morgan fingerprint density at radius 1 is 0.900 bits per heavy atom. The molecule has 0 aliphatic carbocycles. The fourth-order valence-electron chi connectivity index (χ4n) is 2.29. The van der Waals surface area contributed by atoms with Crippen molar-refractivity contribution in [3.05, 3.63) is 92.9 Å². The maximum Gasteiger partial charge on any atom is 0.343 e. The molecule has 3 aromatic rings. The van der Waals surface area contributed by atoms with Crippen molar-refractivity contribution in [3.63, 3.8) is 0 Å². The van der Waals surface area contributed by atoms with Crippen molar-refractivity contribution >= 4 is 50.0 Å². The van der Waals surface area contributed by atoms with Crippen molar-refractivity contribution in [2.45, 2.75) is 0 Å². The number of nitrogens with one attached hydrogen (secondary N) is 1. The quantitative estimate of drug-likeness (QED) is 0.202. The summed E-state index contributed by atoms with van der Waals surface area (Å²) in [5, 5.41) is 3.89. The predicted octanol–water partition coefficient (Wildman–Crippen LogP) is 4.96. The number of hydrazone groups is 1. The van der Waals surface area contributed by atoms with Gasteiger partial charge in [0.1, 0.15) is 11.5 Å². The molecule has 0 aliphatic rings. The van der Waals surface area contributed by atoms with Gasteiger partial charge in [0.05, 0.1) is 11.8 Å². The largest absolute Gasteiger partial charge is 0.484 e. The van der Waals surface area contributed by atoms with Gasteiger partial charge in [0.15, 0.2) is 6.61 Å². The summed E-state index contributed by atoms with van der Waals surface area (Å²) in [6.45, 7) is -0.149. The minimum Gasteiger partial charge on any atom is -0.484 e. The molecular weight excluding hydrogens is 516 g/mol. The molecule has 1 amide bonds. The first-order valence-electron chi connectivity index (χ1n) is 8.78. The van der Waals surface area contributed by atoms with Crippen LogP contribution in [0.4, 0.5) is 0 Å². The lowest BCUT2D eigenvalue weighted by molar-refractivity contribution is -0.123. The maximum atomic E-state index is 12.1. The highest BCUT2D eigenvalue weighted by atomic mass is 79.9. The summed E-state index contributed by atoms with van der Waals surface area (Å²) < 4.78 is 12.4. The Hall–Kier alpha value is -2.97. The van der Waals surface area contributed by atoms with Crippen molar-refractivity contribution in [2.24, 2.45) is 5.10 Å². The third kappa shape index (κ3) is 6.82. The Bertz CT molecular complexity index is 1050. The number of benzene rings is 3. The number of amides is 1. The van der Waals surface area contributed by atoms with Gasteiger partial charge in [0, 0.05) is 8.95 Å². The van der Waals surface area contributed by atoms with Crippen molar-refractivity contribution in [1.29, 1.82) is 0 Å². The first-order valence-corrected chi connectivity index (χ1v) is 10.4. The summed E-state index contributed by atoms with van der Waals surface area (Å²) in [4.78, 5) is 23.9. The van der Waals surface area contributed by atoms with Crippen molar-refractivity contribution in [3.8, 4) is 11.5 Å². The van der Waals surface area contributed by atoms with Crippen LogP contribution in [0.2, 0.25) is 0 Å². The Morgan fingerprint density at radius 3 is 2.30 bits per heavy atom. The second-order valence-electron chi connectivity index (χ2n) is 6.00. The Balaban J connectivity index is 1.46. The van der Waals surface area contributed by atoms with Gasteiger partial charge >= 0.3 is 5.97 Å². The number of hydrogen-bond acceptors (Lipinski definition) is 5. The number of carbonyl (C=O) groups excluding carboxylic acids is 2. The zero-order valence-electron chi connectivity index (χ0n) is 15.5. The van der Waals surface area contributed by atoms with E-state index in [-0.39, 0.29) is 12.5 Å². The maximum absolute atomic E-state index is 12.1. The normalized spacial score (nSPS) is 10.6. The van der Waals surface area contributed by atoms with Crippen molar-refractivity contribution < 1.29 is 19.1 Å². The zero-order chi connectivity index (χ0) is 21.3. The second-order valence-corrected chi connectivity index (χ2v) is 7.84. The van der Waals surface area contributed by atoms with Crippen LogP contribution in [0, 0.1) is 0 Å². The second kappa shape index (κ2) is 10.7. The van der Waals surface area contributed by atoms with Gasteiger partial charge in [-0.1, -0.05) is 37.9 Å². The number of rotatable bonds is 7. The van der Waals surface area contributed by atoms with E-state index in [9.17, 15) is 9.59 Å². The van der Waals surface area contributed by atoms with E-state index in [1.54, 1.807) is 54.6 Å². The molecule has 0 heterocycles. The van der Waals surface area contributed by atoms with Crippen LogP contribution in [0.15, 0.2) is 86.8 Å². The number of nitrogens with zero attached hydrogens (tertiary/aromatic N) is 1. The lowest BCUT2D eigenvalue weighted by atomic mass is 10.2. The lowest BCUT2D eigenvalue weighted by Gasteiger charge is -2.05. The van der Waals surface area contributed by atoms with E-state index >= 15 is 0 Å². The molecule has 0 aliphatic heterocycles. The van der Waals surface area contributed by atoms with Gasteiger partial charge in [-0.2, -0.15) is 5.10 Å². The molecule has 0 atom stereocenters. The smallest absolute Gasteiger partial charge is 0.343 e. The predicted molar refractivity (Wildman–Crippen MR) is 121 cm³/mol. The Labute approximate surface area is 190 Å². The third-order valence-corrected chi connectivity index (χ3v) is 4.76. The van der Waals surface area contributed by atoms with Crippen LogP contribution in [0.25, 0.3) is 0 Å². The molecule has 3 aromatic carbocycles. The van der Waals surface area contributed by atoms with Crippen molar-refractivity contribution in [1.82, 2.24) is 5.43 Å². The summed E-state index contributed by atoms with van der Waals surface area (Å²) in [7, 11) is 0. The average molecular weight is 532 g/mol. The molecule has 0 bridgehead atoms. The van der Waals surface area contributed by atoms with Gasteiger partial charge in [-0.05, 0) is 72.3 Å². The molecule has 0 aromatic heterocycles. The van der Waals surface area contributed by atoms with Crippen LogP contribution < -0.4 is 14.9 Å². The van der Waals surface area contributed by atoms with Gasteiger partial charge in [0.2, 0.25) is 0 Å². The Morgan fingerprint density at radius 2 is 1.60 bits per heavy atom. The number of hydrogen-bond donors (Lipinski definition) is 1. The van der Waals surface area contributed by atoms with E-state index in [1.165, 1.54) is 6.21 Å². The molecule has 30 heavy (non-hydrogen) atoms. The van der Waals surface area contributed by atoms with E-state index in [4.69, 9.17) is 9.47 Å². The van der Waals surface area contributed by atoms with Crippen LogP contribution in [0.1, 0.15) is 15.9 Å². The summed E-state index contributed by atoms with van der Waals surface area (Å²) >= 11 is 6.65. The van der Waals surface area contributed by atoms with Gasteiger partial charge < -0.3 is 9.47 Å². The van der Waals surface area contributed by atoms with Crippen molar-refractivity contribution in [2.75, 3.05) is 6.61 Å². The van der Waals surface area contributed by atoms with E-state index in [1.807, 2.05) is 18.2 Å². The highest BCUT2D eigenvalue weighted by molar-refractivity contribution is 9.10. The number of ether oxygens (including phenoxy) is 2. The van der Waals surface area contributed by atoms with Crippen LogP contribution in [-0.2, 0) is 4.79 Å². The summed E-state index contributed by atoms with van der Waals surface area (Å²) in [6.07, 6.45) is 1.48. The third-order valence-electron chi connectivity index (χ3n) is 3.74. The van der Waals surface area contributed by atoms with E-state index in [0.717, 1.165) is 14.5 Å². The minimum atomic E-state index is -0.448. The standard InChI is InChI=1S/C22H16Br2N2O4/c23-17-6-10-19(11-7-17)29-14-21(27)26-25-13-15-4-8-20(9-5-15)30-22(28)16-2-1-3-18(24)12-16/h1-13H,14H2,(H,26,27)/b25-13-. The molecule has 0 radical (unpaired) electrons. The van der Waals surface area contributed by atoms with E-state index < -0.39 is 5.97 Å². The summed E-state index contributed by atoms with van der Waals surface area (Å²) in [5.74, 6) is 0.166. The van der Waals surface area contributed by atoms with Gasteiger partial charge in [-0.15, -0.1) is 0 Å². The molecule has 8 heteroatoms. The van der Waals surface area contributed by atoms with Crippen LogP contribution in [-0.4, -0.2) is 24.7 Å². The average Bonchev–Trinajstić information content (AvgIpc) is 2.74. The van der Waals surface area contributed by atoms with Gasteiger partial charge in [0.25, 0.3) is 5.91 Å². The fraction of sp³-hybridized carbons (Fsp3) is 0.0455. The minimum absolute atomic E-state index is 0.149. The summed E-state index contributed by atoms with van der Waals surface area (Å²) in [5.41, 5.74) is 3.57. The molecule has 6 nitrogen and oxygen atoms in total. The summed E-state index contributed by atoms with van der Waals surface area (Å²) in [6, 6.07) is 20.9. The van der Waals surface area contributed by atoms with Gasteiger partial charge in [-0.3, -0.25) is 4.79 Å². The number of halogens is 2. The SMILES string of the molecule is O=C(COc1ccc(Br)cc1)N/N=C\c1ccc(OC(=O)c2cccc(Br)c2)cc1. The Kier molecular flexibility index (Phi) is 7.75. The highest BCUT2D eigenvalue weighted by Gasteiger charge is 2.08. The topological polar surface area (TPSA) is 77.0 Å². The molecular formula is C22H16Br2N2O4.